The molecule has 0 aliphatic heterocycles. The van der Waals surface area contributed by atoms with Crippen molar-refractivity contribution in [2.24, 2.45) is 0 Å². The molecule has 6 nitrogen and oxygen atoms in total. The molecule has 7 heteroatoms. The molecule has 0 aliphatic rings. The Morgan fingerprint density at radius 1 is 1.60 bits per heavy atom. The molecule has 0 fully saturated rings. The number of carboxylic acid groups (broad SMARTS) is 1. The van der Waals surface area contributed by atoms with Crippen LogP contribution in [-0.2, 0) is 14.8 Å². The molecule has 0 radical (unpaired) electrons. The second-order valence-corrected chi connectivity index (χ2v) is 3.60. The fraction of sp³-hybridized carbons (Fsp3) is 0.667. The molecule has 0 rings (SSSR count). The Balaban J connectivity index is 4.51. The highest BCUT2D eigenvalue weighted by Gasteiger charge is 2.26. The van der Waals surface area contributed by atoms with Crippen molar-refractivity contribution < 1.29 is 23.5 Å². The molecule has 10 heavy (non-hydrogen) atoms. The van der Waals surface area contributed by atoms with Gasteiger partial charge in [-0.2, -0.15) is 0 Å². The zero-order chi connectivity index (χ0) is 8.36. The molecule has 0 aromatic heterocycles. The maximum Gasteiger partial charge on any atom is 0.323 e. The van der Waals surface area contributed by atoms with Gasteiger partial charge in [-0.25, -0.2) is 8.42 Å². The molecule has 0 saturated heterocycles. The van der Waals surface area contributed by atoms with E-state index in [4.69, 9.17) is 10.3 Å². The van der Waals surface area contributed by atoms with Gasteiger partial charge in [-0.1, -0.05) is 4.89 Å². The maximum atomic E-state index is 10.4. The van der Waals surface area contributed by atoms with E-state index < -0.39 is 21.2 Å². The molecule has 1 atom stereocenters. The number of hydrogen-bond donors (Lipinski definition) is 3. The molecular weight excluding hydrogens is 162 g/mol. The van der Waals surface area contributed by atoms with Crippen molar-refractivity contribution in [3.05, 3.63) is 0 Å². The Hall–Kier alpha value is -0.660. The third-order valence-corrected chi connectivity index (χ3v) is 2.33. The van der Waals surface area contributed by atoms with Crippen LogP contribution in [0.15, 0.2) is 0 Å². The molecule has 0 saturated carbocycles. The van der Waals surface area contributed by atoms with Crippen molar-refractivity contribution in [3.8, 4) is 0 Å². The van der Waals surface area contributed by atoms with Gasteiger partial charge in [0.15, 0.2) is 5.25 Å². The largest absolute Gasteiger partial charge is 0.480 e. The fourth-order valence-corrected chi connectivity index (χ4v) is 0.635. The molecule has 60 valence electrons. The van der Waals surface area contributed by atoms with E-state index in [-0.39, 0.29) is 0 Å². The average Bonchev–Trinajstić information content (AvgIpc) is 1.86. The van der Waals surface area contributed by atoms with Crippen LogP contribution in [-0.4, -0.2) is 30.0 Å². The molecule has 0 aliphatic carbocycles. The first-order valence-corrected chi connectivity index (χ1v) is 3.84. The van der Waals surface area contributed by atoms with Gasteiger partial charge >= 0.3 is 5.97 Å². The molecule has 3 N–H and O–H groups in total. The van der Waals surface area contributed by atoms with Crippen LogP contribution in [0.4, 0.5) is 0 Å². The van der Waals surface area contributed by atoms with Crippen LogP contribution < -0.4 is 4.89 Å². The summed E-state index contributed by atoms with van der Waals surface area (Å²) < 4.78 is 20.8. The lowest BCUT2D eigenvalue weighted by Gasteiger charge is -2.03. The van der Waals surface area contributed by atoms with Crippen LogP contribution in [0, 0.1) is 0 Å². The SMILES string of the molecule is CC(C(=O)O)S(=O)(=O)NO. The molecule has 1 unspecified atom stereocenters. The maximum absolute atomic E-state index is 10.4. The van der Waals surface area contributed by atoms with Crippen molar-refractivity contribution in [2.45, 2.75) is 12.2 Å². The summed E-state index contributed by atoms with van der Waals surface area (Å²) in [5.41, 5.74) is 0. The summed E-state index contributed by atoms with van der Waals surface area (Å²) in [7, 11) is -4.09. The van der Waals surface area contributed by atoms with Gasteiger partial charge in [-0.15, -0.1) is 0 Å². The number of aliphatic carboxylic acids is 1. The van der Waals surface area contributed by atoms with Gasteiger partial charge in [0.25, 0.3) is 0 Å². The second-order valence-electron chi connectivity index (χ2n) is 1.62. The molecule has 0 spiro atoms. The van der Waals surface area contributed by atoms with E-state index in [9.17, 15) is 13.2 Å². The number of nitrogens with one attached hydrogen (secondary N) is 1. The summed E-state index contributed by atoms with van der Waals surface area (Å²) in [5.74, 6) is -1.51. The lowest BCUT2D eigenvalue weighted by Crippen LogP contribution is -2.35. The minimum atomic E-state index is -4.09. The predicted octanol–water partition coefficient (Wildman–Crippen LogP) is -1.23. The van der Waals surface area contributed by atoms with E-state index in [2.05, 4.69) is 0 Å². The average molecular weight is 169 g/mol. The monoisotopic (exact) mass is 169 g/mol. The fourth-order valence-electron chi connectivity index (χ4n) is 0.212. The minimum absolute atomic E-state index is 0.914. The van der Waals surface area contributed by atoms with Gasteiger partial charge in [0.2, 0.25) is 10.0 Å². The summed E-state index contributed by atoms with van der Waals surface area (Å²) in [5, 5.41) is 14.4. The smallest absolute Gasteiger partial charge is 0.323 e. The highest BCUT2D eigenvalue weighted by atomic mass is 32.2. The highest BCUT2D eigenvalue weighted by molar-refractivity contribution is 7.90. The first kappa shape index (κ1) is 9.34. The number of hydrogen-bond acceptors (Lipinski definition) is 4. The minimum Gasteiger partial charge on any atom is -0.480 e. The summed E-state index contributed by atoms with van der Waals surface area (Å²) >= 11 is 0. The highest BCUT2D eigenvalue weighted by Crippen LogP contribution is 1.95. The number of carboxylic acids is 1. The van der Waals surface area contributed by atoms with E-state index in [1.165, 1.54) is 0 Å². The van der Waals surface area contributed by atoms with Gasteiger partial charge < -0.3 is 10.3 Å². The molecular formula is C3H7NO5S. The van der Waals surface area contributed by atoms with E-state index in [1.807, 2.05) is 0 Å². The summed E-state index contributed by atoms with van der Waals surface area (Å²) in [6.45, 7) is 0.945. The Labute approximate surface area is 57.5 Å². The van der Waals surface area contributed by atoms with Crippen LogP contribution in [0.2, 0.25) is 0 Å². The van der Waals surface area contributed by atoms with Crippen LogP contribution >= 0.6 is 0 Å². The summed E-state index contributed by atoms with van der Waals surface area (Å²) in [4.78, 5) is 10.9. The van der Waals surface area contributed by atoms with E-state index >= 15 is 0 Å². The Bertz CT molecular complexity index is 219. The predicted molar refractivity (Wildman–Crippen MR) is 30.9 cm³/mol. The Morgan fingerprint density at radius 3 is 2.10 bits per heavy atom. The molecule has 0 aromatic carbocycles. The number of rotatable bonds is 3. The molecule has 0 aromatic rings. The van der Waals surface area contributed by atoms with Crippen molar-refractivity contribution in [1.29, 1.82) is 0 Å². The van der Waals surface area contributed by atoms with Crippen molar-refractivity contribution in [1.82, 2.24) is 4.89 Å². The summed E-state index contributed by atoms with van der Waals surface area (Å²) in [6, 6.07) is 0. The molecule has 0 heterocycles. The van der Waals surface area contributed by atoms with Crippen LogP contribution in [0.25, 0.3) is 0 Å². The van der Waals surface area contributed by atoms with E-state index in [0.29, 0.717) is 0 Å². The standard InChI is InChI=1S/C3H7NO5S/c1-2(3(5)6)10(8,9)4-7/h2,4,7H,1H3,(H,5,6). The van der Waals surface area contributed by atoms with Crippen LogP contribution in [0.5, 0.6) is 0 Å². The lowest BCUT2D eigenvalue weighted by atomic mass is 10.5. The van der Waals surface area contributed by atoms with Gasteiger partial charge in [0, 0.05) is 0 Å². The zero-order valence-electron chi connectivity index (χ0n) is 5.10. The number of sulfonamides is 1. The Kier molecular flexibility index (Phi) is 2.76. The topological polar surface area (TPSA) is 104 Å². The number of carbonyl (C=O) groups is 1. The van der Waals surface area contributed by atoms with Crippen LogP contribution in [0.1, 0.15) is 6.92 Å². The van der Waals surface area contributed by atoms with Crippen molar-refractivity contribution in [3.63, 3.8) is 0 Å². The molecule has 0 amide bonds. The van der Waals surface area contributed by atoms with E-state index in [0.717, 1.165) is 11.8 Å². The molecule has 0 bridgehead atoms. The van der Waals surface area contributed by atoms with Gasteiger partial charge in [-0.3, -0.25) is 4.79 Å². The van der Waals surface area contributed by atoms with Crippen molar-refractivity contribution >= 4 is 16.0 Å². The van der Waals surface area contributed by atoms with Crippen molar-refractivity contribution in [2.75, 3.05) is 0 Å². The van der Waals surface area contributed by atoms with Gasteiger partial charge in [-0.05, 0) is 6.92 Å². The first-order valence-electron chi connectivity index (χ1n) is 2.29. The normalized spacial score (nSPS) is 14.6. The van der Waals surface area contributed by atoms with Crippen LogP contribution in [0.3, 0.4) is 0 Å². The van der Waals surface area contributed by atoms with Gasteiger partial charge in [0.05, 0.1) is 0 Å². The zero-order valence-corrected chi connectivity index (χ0v) is 5.92. The lowest BCUT2D eigenvalue weighted by molar-refractivity contribution is -0.136. The summed E-state index contributed by atoms with van der Waals surface area (Å²) in [6.07, 6.45) is 0. The van der Waals surface area contributed by atoms with E-state index in [1.54, 1.807) is 0 Å². The third kappa shape index (κ3) is 1.94. The van der Waals surface area contributed by atoms with Gasteiger partial charge in [0.1, 0.15) is 0 Å². The first-order chi connectivity index (χ1) is 4.41. The second kappa shape index (κ2) is 2.95. The quantitative estimate of drug-likeness (QED) is 0.459. The third-order valence-electron chi connectivity index (χ3n) is 0.940. The Morgan fingerprint density at radius 2 is 2.00 bits per heavy atom.